The average Bonchev–Trinajstić information content (AvgIpc) is 2.83. The summed E-state index contributed by atoms with van der Waals surface area (Å²) in [4.78, 5) is 26.7. The van der Waals surface area contributed by atoms with Crippen molar-refractivity contribution in [2.45, 2.75) is 25.3 Å². The van der Waals surface area contributed by atoms with Crippen molar-refractivity contribution in [3.63, 3.8) is 0 Å². The lowest BCUT2D eigenvalue weighted by molar-refractivity contribution is -0.133. The molecule has 0 saturated carbocycles. The molecule has 1 aliphatic rings. The standard InChI is InChI=1S/C20H23N3O2.ClH/c21-17-9-5-4-6-15(17)10-11-20(25)23-13-12-22-19(24)14-18(23)16-7-2-1-3-8-16;/h1-9,18H,10-14,21H2,(H,22,24);1H. The second kappa shape index (κ2) is 9.25. The zero-order valence-corrected chi connectivity index (χ0v) is 15.4. The maximum atomic E-state index is 12.9. The van der Waals surface area contributed by atoms with Gasteiger partial charge in [-0.05, 0) is 23.6 Å². The van der Waals surface area contributed by atoms with E-state index >= 15 is 0 Å². The van der Waals surface area contributed by atoms with Gasteiger partial charge < -0.3 is 16.0 Å². The van der Waals surface area contributed by atoms with E-state index in [1.807, 2.05) is 59.5 Å². The fourth-order valence-electron chi connectivity index (χ4n) is 3.25. The van der Waals surface area contributed by atoms with Gasteiger partial charge in [-0.2, -0.15) is 0 Å². The molecule has 138 valence electrons. The van der Waals surface area contributed by atoms with Gasteiger partial charge in [-0.25, -0.2) is 0 Å². The second-order valence-electron chi connectivity index (χ2n) is 6.27. The van der Waals surface area contributed by atoms with E-state index in [9.17, 15) is 9.59 Å². The van der Waals surface area contributed by atoms with Gasteiger partial charge in [0.2, 0.25) is 11.8 Å². The number of nitrogens with zero attached hydrogens (tertiary/aromatic N) is 1. The maximum Gasteiger partial charge on any atom is 0.223 e. The highest BCUT2D eigenvalue weighted by Crippen LogP contribution is 2.26. The Bertz CT molecular complexity index is 752. The summed E-state index contributed by atoms with van der Waals surface area (Å²) in [5.74, 6) is 0.0325. The molecule has 6 heteroatoms. The monoisotopic (exact) mass is 373 g/mol. The highest BCUT2D eigenvalue weighted by atomic mass is 35.5. The van der Waals surface area contributed by atoms with E-state index in [1.54, 1.807) is 0 Å². The first-order chi connectivity index (χ1) is 12.1. The second-order valence-corrected chi connectivity index (χ2v) is 6.27. The first-order valence-electron chi connectivity index (χ1n) is 8.59. The zero-order chi connectivity index (χ0) is 17.6. The molecule has 0 aromatic heterocycles. The van der Waals surface area contributed by atoms with Gasteiger partial charge in [0.1, 0.15) is 0 Å². The van der Waals surface area contributed by atoms with Crippen LogP contribution in [0.2, 0.25) is 0 Å². The molecule has 1 heterocycles. The number of hydrogen-bond acceptors (Lipinski definition) is 3. The Balaban J connectivity index is 0.00000243. The van der Waals surface area contributed by atoms with Crippen LogP contribution in [0.15, 0.2) is 54.6 Å². The number of nitrogens with one attached hydrogen (secondary N) is 1. The number of aryl methyl sites for hydroxylation is 1. The number of carbonyl (C=O) groups excluding carboxylic acids is 2. The maximum absolute atomic E-state index is 12.9. The van der Waals surface area contributed by atoms with Crippen molar-refractivity contribution in [2.24, 2.45) is 0 Å². The van der Waals surface area contributed by atoms with Gasteiger partial charge in [0.15, 0.2) is 0 Å². The highest BCUT2D eigenvalue weighted by molar-refractivity contribution is 5.85. The van der Waals surface area contributed by atoms with E-state index < -0.39 is 0 Å². The van der Waals surface area contributed by atoms with Crippen LogP contribution in [0, 0.1) is 0 Å². The number of para-hydroxylation sites is 1. The van der Waals surface area contributed by atoms with E-state index in [0.29, 0.717) is 38.0 Å². The zero-order valence-electron chi connectivity index (χ0n) is 14.6. The highest BCUT2D eigenvalue weighted by Gasteiger charge is 2.29. The number of anilines is 1. The molecule has 26 heavy (non-hydrogen) atoms. The van der Waals surface area contributed by atoms with E-state index in [4.69, 9.17) is 5.73 Å². The van der Waals surface area contributed by atoms with Crippen molar-refractivity contribution in [1.82, 2.24) is 10.2 Å². The van der Waals surface area contributed by atoms with Crippen LogP contribution in [0.1, 0.15) is 30.0 Å². The van der Waals surface area contributed by atoms with Crippen LogP contribution >= 0.6 is 12.4 Å². The van der Waals surface area contributed by atoms with Gasteiger partial charge in [-0.3, -0.25) is 9.59 Å². The first kappa shape index (κ1) is 19.8. The molecule has 2 amide bonds. The summed E-state index contributed by atoms with van der Waals surface area (Å²) in [5, 5.41) is 2.86. The Morgan fingerprint density at radius 1 is 1.12 bits per heavy atom. The fraction of sp³-hybridized carbons (Fsp3) is 0.300. The van der Waals surface area contributed by atoms with Gasteiger partial charge in [-0.1, -0.05) is 48.5 Å². The smallest absolute Gasteiger partial charge is 0.223 e. The van der Waals surface area contributed by atoms with Crippen molar-refractivity contribution in [3.8, 4) is 0 Å². The lowest BCUT2D eigenvalue weighted by Crippen LogP contribution is -2.36. The van der Waals surface area contributed by atoms with Crippen molar-refractivity contribution in [1.29, 1.82) is 0 Å². The van der Waals surface area contributed by atoms with Crippen molar-refractivity contribution in [3.05, 3.63) is 65.7 Å². The van der Waals surface area contributed by atoms with Gasteiger partial charge in [-0.15, -0.1) is 12.4 Å². The molecule has 0 spiro atoms. The molecule has 3 rings (SSSR count). The minimum Gasteiger partial charge on any atom is -0.399 e. The molecule has 1 aliphatic heterocycles. The van der Waals surface area contributed by atoms with Gasteiger partial charge in [0, 0.05) is 25.2 Å². The van der Waals surface area contributed by atoms with Crippen LogP contribution in [0.5, 0.6) is 0 Å². The number of rotatable bonds is 4. The summed E-state index contributed by atoms with van der Waals surface area (Å²) in [6, 6.07) is 17.1. The first-order valence-corrected chi connectivity index (χ1v) is 8.59. The molecule has 3 N–H and O–H groups in total. The molecule has 1 unspecified atom stereocenters. The Morgan fingerprint density at radius 3 is 2.54 bits per heavy atom. The molecule has 0 aliphatic carbocycles. The molecule has 0 bridgehead atoms. The quantitative estimate of drug-likeness (QED) is 0.809. The number of carbonyl (C=O) groups is 2. The average molecular weight is 374 g/mol. The lowest BCUT2D eigenvalue weighted by Gasteiger charge is -2.29. The minimum atomic E-state index is -0.218. The third-order valence-electron chi connectivity index (χ3n) is 4.60. The Kier molecular flexibility index (Phi) is 7.04. The number of nitrogens with two attached hydrogens (primary N) is 1. The van der Waals surface area contributed by atoms with E-state index in [-0.39, 0.29) is 30.3 Å². The molecule has 1 atom stereocenters. The molecule has 5 nitrogen and oxygen atoms in total. The van der Waals surface area contributed by atoms with Crippen LogP contribution in [0.4, 0.5) is 5.69 Å². The number of hydrogen-bond donors (Lipinski definition) is 2. The van der Waals surface area contributed by atoms with Gasteiger partial charge in [0.05, 0.1) is 12.5 Å². The molecule has 1 saturated heterocycles. The van der Waals surface area contributed by atoms with Gasteiger partial charge >= 0.3 is 0 Å². The molecular formula is C20H24ClN3O2. The van der Waals surface area contributed by atoms with E-state index in [0.717, 1.165) is 11.1 Å². The summed E-state index contributed by atoms with van der Waals surface area (Å²) in [7, 11) is 0. The van der Waals surface area contributed by atoms with Crippen LogP contribution in [0.25, 0.3) is 0 Å². The fourth-order valence-corrected chi connectivity index (χ4v) is 3.25. The predicted molar refractivity (Wildman–Crippen MR) is 105 cm³/mol. The summed E-state index contributed by atoms with van der Waals surface area (Å²) in [6.45, 7) is 1.01. The molecule has 0 radical (unpaired) electrons. The van der Waals surface area contributed by atoms with E-state index in [1.165, 1.54) is 0 Å². The van der Waals surface area contributed by atoms with Crippen LogP contribution in [-0.4, -0.2) is 29.8 Å². The molecule has 1 fully saturated rings. The van der Waals surface area contributed by atoms with Crippen molar-refractivity contribution in [2.75, 3.05) is 18.8 Å². The van der Waals surface area contributed by atoms with Crippen LogP contribution in [-0.2, 0) is 16.0 Å². The normalized spacial score (nSPS) is 17.0. The Morgan fingerprint density at radius 2 is 1.81 bits per heavy atom. The van der Waals surface area contributed by atoms with E-state index in [2.05, 4.69) is 5.32 Å². The van der Waals surface area contributed by atoms with Crippen molar-refractivity contribution >= 4 is 29.9 Å². The third kappa shape index (κ3) is 4.76. The van der Waals surface area contributed by atoms with Crippen LogP contribution in [0.3, 0.4) is 0 Å². The molecule has 2 aromatic carbocycles. The number of amides is 2. The summed E-state index contributed by atoms with van der Waals surface area (Å²) in [5.41, 5.74) is 8.65. The van der Waals surface area contributed by atoms with Crippen molar-refractivity contribution < 1.29 is 9.59 Å². The topological polar surface area (TPSA) is 75.4 Å². The lowest BCUT2D eigenvalue weighted by atomic mass is 10.0. The SMILES string of the molecule is Cl.Nc1ccccc1CCC(=O)N1CCNC(=O)CC1c1ccccc1. The summed E-state index contributed by atoms with van der Waals surface area (Å²) in [6.07, 6.45) is 1.28. The van der Waals surface area contributed by atoms with Crippen LogP contribution < -0.4 is 11.1 Å². The Hall–Kier alpha value is -2.53. The third-order valence-corrected chi connectivity index (χ3v) is 4.60. The Labute approximate surface area is 160 Å². The predicted octanol–water partition coefficient (Wildman–Crippen LogP) is 2.71. The number of halogens is 1. The number of benzene rings is 2. The molecular weight excluding hydrogens is 350 g/mol. The minimum absolute atomic E-state index is 0. The summed E-state index contributed by atoms with van der Waals surface area (Å²) < 4.78 is 0. The largest absolute Gasteiger partial charge is 0.399 e. The summed E-state index contributed by atoms with van der Waals surface area (Å²) >= 11 is 0. The molecule has 2 aromatic rings. The number of nitrogen functional groups attached to an aromatic ring is 1. The van der Waals surface area contributed by atoms with Gasteiger partial charge in [0.25, 0.3) is 0 Å².